The predicted molar refractivity (Wildman–Crippen MR) is 166 cm³/mol. The van der Waals surface area contributed by atoms with E-state index in [4.69, 9.17) is 0 Å². The zero-order valence-corrected chi connectivity index (χ0v) is 27.7. The van der Waals surface area contributed by atoms with Crippen molar-refractivity contribution in [3.63, 3.8) is 0 Å². The van der Waals surface area contributed by atoms with Crippen molar-refractivity contribution in [1.82, 2.24) is 15.1 Å². The molecule has 0 aromatic heterocycles. The number of carbonyl (C=O) groups excluding carboxylic acids is 4. The number of fused-ring (bicyclic) bond motifs is 3. The van der Waals surface area contributed by atoms with Crippen LogP contribution in [0.15, 0.2) is 23.0 Å². The lowest BCUT2D eigenvalue weighted by molar-refractivity contribution is -0.187. The molecule has 0 bridgehead atoms. The van der Waals surface area contributed by atoms with Crippen LogP contribution in [0.4, 0.5) is 18.9 Å². The number of phenols is 1. The molecule has 1 aromatic carbocycles. The van der Waals surface area contributed by atoms with E-state index in [0.29, 0.717) is 16.2 Å². The summed E-state index contributed by atoms with van der Waals surface area (Å²) in [6, 6.07) is 0.114. The van der Waals surface area contributed by atoms with E-state index in [9.17, 15) is 57.9 Å². The molecule has 0 spiro atoms. The Hall–Kier alpha value is -4.15. The number of aliphatic hydroxyl groups excluding tert-OH is 3. The lowest BCUT2D eigenvalue weighted by atomic mass is 9.57. The fourth-order valence-electron chi connectivity index (χ4n) is 7.16. The van der Waals surface area contributed by atoms with Crippen molar-refractivity contribution in [3.05, 3.63) is 39.7 Å². The number of hydrogen-bond donors (Lipinski definition) is 6. The van der Waals surface area contributed by atoms with E-state index < -0.39 is 100 Å². The molecule has 48 heavy (non-hydrogen) atoms. The molecule has 0 radical (unpaired) electrons. The highest BCUT2D eigenvalue weighted by molar-refractivity contribution is 6.25. The second-order valence-corrected chi connectivity index (χ2v) is 14.1. The number of aliphatic hydroxyl groups is 4. The van der Waals surface area contributed by atoms with Gasteiger partial charge in [0.15, 0.2) is 11.4 Å². The van der Waals surface area contributed by atoms with Crippen molar-refractivity contribution in [2.24, 2.45) is 17.3 Å². The van der Waals surface area contributed by atoms with Gasteiger partial charge in [0, 0.05) is 49.9 Å². The van der Waals surface area contributed by atoms with Gasteiger partial charge in [-0.25, -0.2) is 0 Å². The number of benzene rings is 1. The molecule has 16 heteroatoms. The first-order chi connectivity index (χ1) is 22.0. The SMILES string of the molecule is CN(C)c1cc(CN(CC(C)(C)C)C(=O)C(F)(F)F)c(O)c2c1C[C@H]1C[C@H]3[C@@H](N(C)C)C(=O)C(C(=O)NCO)=C(O)[C@@]3(O)C(=O)C1=C2O. The third-order valence-electron chi connectivity index (χ3n) is 9.03. The number of alkyl halides is 3. The summed E-state index contributed by atoms with van der Waals surface area (Å²) in [4.78, 5) is 56.5. The first-order valence-electron chi connectivity index (χ1n) is 15.1. The molecule has 0 unspecified atom stereocenters. The van der Waals surface area contributed by atoms with Crippen LogP contribution >= 0.6 is 0 Å². The standard InChI is InChI=1S/C32H41F3N4O9/c1-30(2,3)12-39(29(47)32(33,34)35)11-15-10-18(37(4)5)16-8-14-9-17-22(38(6)7)25(43)21(28(46)36-13-40)27(45)31(17,48)26(44)19(14)24(42)20(16)23(15)41/h10,14,17,22,40-42,45,48H,8-9,11-13H2,1-7H3,(H,36,46)/t14-,17-,22+,31-/m0/s1. The quantitative estimate of drug-likeness (QED) is 0.181. The van der Waals surface area contributed by atoms with Gasteiger partial charge in [-0.05, 0) is 49.9 Å². The number of carbonyl (C=O) groups is 4. The van der Waals surface area contributed by atoms with Gasteiger partial charge in [0.2, 0.25) is 5.78 Å². The third-order valence-corrected chi connectivity index (χ3v) is 9.03. The average molecular weight is 683 g/mol. The molecule has 1 fully saturated rings. The number of nitrogens with one attached hydrogen (secondary N) is 1. The lowest BCUT2D eigenvalue weighted by Gasteiger charge is -2.50. The third kappa shape index (κ3) is 6.00. The van der Waals surface area contributed by atoms with Gasteiger partial charge in [0.05, 0.1) is 11.6 Å². The van der Waals surface area contributed by atoms with Gasteiger partial charge in [0.1, 0.15) is 29.6 Å². The summed E-state index contributed by atoms with van der Waals surface area (Å²) in [6.07, 6.45) is -5.40. The Labute approximate surface area is 274 Å². The zero-order valence-electron chi connectivity index (χ0n) is 27.7. The van der Waals surface area contributed by atoms with Crippen molar-refractivity contribution in [2.75, 3.05) is 46.4 Å². The fraction of sp³-hybridized carbons (Fsp3) is 0.562. The molecule has 0 saturated heterocycles. The number of aromatic hydroxyl groups is 1. The van der Waals surface area contributed by atoms with E-state index in [1.807, 2.05) is 5.32 Å². The maximum Gasteiger partial charge on any atom is 0.471 e. The van der Waals surface area contributed by atoms with Gasteiger partial charge in [-0.1, -0.05) is 20.8 Å². The van der Waals surface area contributed by atoms with Crippen LogP contribution < -0.4 is 10.2 Å². The Morgan fingerprint density at radius 3 is 2.17 bits per heavy atom. The van der Waals surface area contributed by atoms with E-state index in [2.05, 4.69) is 0 Å². The molecule has 1 aromatic rings. The number of nitrogens with zero attached hydrogens (tertiary/aromatic N) is 3. The molecule has 13 nitrogen and oxygen atoms in total. The van der Waals surface area contributed by atoms with Gasteiger partial charge in [-0.2, -0.15) is 13.2 Å². The number of anilines is 1. The van der Waals surface area contributed by atoms with Crippen LogP contribution in [0.5, 0.6) is 5.75 Å². The average Bonchev–Trinajstić information content (AvgIpc) is 2.94. The van der Waals surface area contributed by atoms with Crippen molar-refractivity contribution < 1.29 is 57.9 Å². The maximum atomic E-state index is 14.3. The second-order valence-electron chi connectivity index (χ2n) is 14.1. The lowest BCUT2D eigenvalue weighted by Crippen LogP contribution is -2.65. The van der Waals surface area contributed by atoms with Crippen molar-refractivity contribution >= 4 is 34.8 Å². The topological polar surface area (TPSA) is 191 Å². The summed E-state index contributed by atoms with van der Waals surface area (Å²) in [6.45, 7) is 2.92. The molecular weight excluding hydrogens is 641 g/mol. The molecule has 0 aliphatic heterocycles. The summed E-state index contributed by atoms with van der Waals surface area (Å²) in [5.74, 6) is -10.4. The van der Waals surface area contributed by atoms with Crippen LogP contribution in [0.25, 0.3) is 5.76 Å². The first kappa shape index (κ1) is 36.7. The minimum Gasteiger partial charge on any atom is -0.508 e. The molecule has 264 valence electrons. The number of halogens is 3. The summed E-state index contributed by atoms with van der Waals surface area (Å²) in [7, 11) is 6.20. The maximum absolute atomic E-state index is 14.3. The molecule has 4 rings (SSSR count). The summed E-state index contributed by atoms with van der Waals surface area (Å²) >= 11 is 0. The fourth-order valence-corrected chi connectivity index (χ4v) is 7.16. The van der Waals surface area contributed by atoms with Crippen LogP contribution in [-0.4, -0.2) is 118 Å². The monoisotopic (exact) mass is 682 g/mol. The molecule has 3 aliphatic rings. The van der Waals surface area contributed by atoms with Gasteiger partial charge >= 0.3 is 12.1 Å². The van der Waals surface area contributed by atoms with Crippen molar-refractivity contribution in [1.29, 1.82) is 0 Å². The van der Waals surface area contributed by atoms with E-state index in [1.165, 1.54) is 25.1 Å². The number of phenolic OH excluding ortho intramolecular Hbond substituents is 1. The van der Waals surface area contributed by atoms with E-state index >= 15 is 0 Å². The van der Waals surface area contributed by atoms with Crippen molar-refractivity contribution in [2.45, 2.75) is 58.0 Å². The van der Waals surface area contributed by atoms with E-state index in [1.54, 1.807) is 39.8 Å². The number of likely N-dealkylation sites (N-methyl/N-ethyl adjacent to an activating group) is 1. The Kier molecular flexibility index (Phi) is 9.46. The van der Waals surface area contributed by atoms with Gasteiger partial charge in [0.25, 0.3) is 5.91 Å². The van der Waals surface area contributed by atoms with E-state index in [0.717, 1.165) is 0 Å². The highest BCUT2D eigenvalue weighted by Gasteiger charge is 2.64. The van der Waals surface area contributed by atoms with E-state index in [-0.39, 0.29) is 30.5 Å². The Bertz CT molecular complexity index is 1630. The number of Topliss-reactive ketones (excluding diaryl/α,β-unsaturated/α-hetero) is 2. The second kappa shape index (κ2) is 12.4. The molecule has 6 N–H and O–H groups in total. The van der Waals surface area contributed by atoms with Crippen LogP contribution in [0.1, 0.15) is 43.9 Å². The highest BCUT2D eigenvalue weighted by Crippen LogP contribution is 2.54. The van der Waals surface area contributed by atoms with Gasteiger partial charge in [-0.15, -0.1) is 0 Å². The summed E-state index contributed by atoms with van der Waals surface area (Å²) in [5.41, 5.74) is -4.81. The van der Waals surface area contributed by atoms with Crippen LogP contribution in [0.3, 0.4) is 0 Å². The molecule has 3 aliphatic carbocycles. The summed E-state index contributed by atoms with van der Waals surface area (Å²) in [5, 5.41) is 57.5. The summed E-state index contributed by atoms with van der Waals surface area (Å²) < 4.78 is 40.9. The number of ketones is 2. The Morgan fingerprint density at radius 1 is 1.06 bits per heavy atom. The molecule has 2 amide bonds. The smallest absolute Gasteiger partial charge is 0.471 e. The normalized spacial score (nSPS) is 24.3. The van der Waals surface area contributed by atoms with Crippen molar-refractivity contribution in [3.8, 4) is 5.75 Å². The highest BCUT2D eigenvalue weighted by atomic mass is 19.4. The van der Waals surface area contributed by atoms with Crippen LogP contribution in [-0.2, 0) is 32.1 Å². The minimum absolute atomic E-state index is 0.0295. The first-order valence-corrected chi connectivity index (χ1v) is 15.1. The number of rotatable bonds is 7. The Morgan fingerprint density at radius 2 is 1.67 bits per heavy atom. The zero-order chi connectivity index (χ0) is 36.4. The number of hydrogen-bond acceptors (Lipinski definition) is 11. The Balaban J connectivity index is 1.95. The van der Waals surface area contributed by atoms with Gasteiger partial charge in [-0.3, -0.25) is 24.1 Å². The van der Waals surface area contributed by atoms with Crippen LogP contribution in [0, 0.1) is 17.3 Å². The molecule has 0 heterocycles. The largest absolute Gasteiger partial charge is 0.508 e. The molecular formula is C32H41F3N4O9. The molecule has 1 saturated carbocycles. The van der Waals surface area contributed by atoms with Crippen LogP contribution in [0.2, 0.25) is 0 Å². The van der Waals surface area contributed by atoms with Gasteiger partial charge < -0.3 is 40.6 Å². The predicted octanol–water partition coefficient (Wildman–Crippen LogP) is 1.55. The number of amides is 2. The molecule has 4 atom stereocenters. The minimum atomic E-state index is -5.22.